The number of aliphatic hydroxyl groups is 1. The average molecular weight is 586 g/mol. The fourth-order valence-electron chi connectivity index (χ4n) is 4.62. The van der Waals surface area contributed by atoms with E-state index in [1.165, 1.54) is 0 Å². The number of amides is 2. The van der Waals surface area contributed by atoms with Crippen LogP contribution < -0.4 is 5.32 Å². The number of halogens is 1. The molecule has 2 aromatic heterocycles. The second kappa shape index (κ2) is 19.0. The third kappa shape index (κ3) is 10.3. The summed E-state index contributed by atoms with van der Waals surface area (Å²) in [5.41, 5.74) is 3.65. The molecule has 0 radical (unpaired) electrons. The number of aryl methyl sites for hydroxylation is 1. The second-order valence-electron chi connectivity index (χ2n) is 9.67. The Morgan fingerprint density at radius 1 is 1.17 bits per heavy atom. The van der Waals surface area contributed by atoms with Gasteiger partial charge >= 0.3 is 0 Å². The Hall–Kier alpha value is -3.23. The van der Waals surface area contributed by atoms with E-state index >= 15 is 0 Å². The summed E-state index contributed by atoms with van der Waals surface area (Å²) in [6.07, 6.45) is 9.84. The smallest absolute Gasteiger partial charge is 0.246 e. The average Bonchev–Trinajstić information content (AvgIpc) is 3.62. The van der Waals surface area contributed by atoms with Crippen molar-refractivity contribution < 1.29 is 14.7 Å². The van der Waals surface area contributed by atoms with Crippen molar-refractivity contribution in [3.63, 3.8) is 0 Å². The molecule has 1 aromatic carbocycles. The first-order valence-electron chi connectivity index (χ1n) is 14.6. The quantitative estimate of drug-likeness (QED) is 0.289. The molecule has 9 heteroatoms. The van der Waals surface area contributed by atoms with Gasteiger partial charge in [-0.2, -0.15) is 0 Å². The van der Waals surface area contributed by atoms with E-state index in [0.29, 0.717) is 17.5 Å². The number of aliphatic hydroxyl groups excluding tert-OH is 1. The van der Waals surface area contributed by atoms with Crippen LogP contribution in [0.1, 0.15) is 84.6 Å². The SMILES string of the molecule is CC.CC.Cc1cn(C(C(=O)N2CCCC2C)C(C)C)cn1.O=CNC(CO)c1ccc(-c2ccncc2Cl)cc1. The minimum atomic E-state index is -0.389. The summed E-state index contributed by atoms with van der Waals surface area (Å²) in [4.78, 5) is 33.3. The number of nitrogens with one attached hydrogen (secondary N) is 1. The number of nitrogens with zero attached hydrogens (tertiary/aromatic N) is 4. The highest BCUT2D eigenvalue weighted by molar-refractivity contribution is 6.33. The minimum Gasteiger partial charge on any atom is -0.394 e. The Balaban J connectivity index is 0.000000366. The van der Waals surface area contributed by atoms with Crippen molar-refractivity contribution in [3.8, 4) is 11.1 Å². The molecule has 0 bridgehead atoms. The molecule has 1 fully saturated rings. The van der Waals surface area contributed by atoms with Gasteiger partial charge in [0.2, 0.25) is 12.3 Å². The molecule has 2 N–H and O–H groups in total. The summed E-state index contributed by atoms with van der Waals surface area (Å²) in [6, 6.07) is 9.20. The molecule has 1 aliphatic heterocycles. The van der Waals surface area contributed by atoms with Crippen molar-refractivity contribution in [2.45, 2.75) is 86.4 Å². The normalized spacial score (nSPS) is 15.3. The first-order chi connectivity index (χ1) is 19.8. The van der Waals surface area contributed by atoms with Crippen LogP contribution in [-0.4, -0.2) is 56.1 Å². The Morgan fingerprint density at radius 3 is 2.29 bits per heavy atom. The van der Waals surface area contributed by atoms with Crippen LogP contribution in [0.15, 0.2) is 55.2 Å². The molecule has 226 valence electrons. The number of carbonyl (C=O) groups is 2. The zero-order valence-electron chi connectivity index (χ0n) is 25.8. The van der Waals surface area contributed by atoms with E-state index in [0.717, 1.165) is 41.8 Å². The molecular formula is C32H48ClN5O3. The Bertz CT molecular complexity index is 1170. The molecule has 3 aromatic rings. The van der Waals surface area contributed by atoms with Gasteiger partial charge in [0.1, 0.15) is 6.04 Å². The lowest BCUT2D eigenvalue weighted by Gasteiger charge is -2.29. The minimum absolute atomic E-state index is 0.119. The van der Waals surface area contributed by atoms with Crippen molar-refractivity contribution in [3.05, 3.63) is 71.5 Å². The maximum Gasteiger partial charge on any atom is 0.246 e. The van der Waals surface area contributed by atoms with Gasteiger partial charge in [0, 0.05) is 36.7 Å². The molecule has 8 nitrogen and oxygen atoms in total. The van der Waals surface area contributed by atoms with Crippen LogP contribution in [0.4, 0.5) is 0 Å². The zero-order chi connectivity index (χ0) is 30.9. The highest BCUT2D eigenvalue weighted by Crippen LogP contribution is 2.28. The van der Waals surface area contributed by atoms with E-state index in [1.54, 1.807) is 18.7 Å². The van der Waals surface area contributed by atoms with Gasteiger partial charge in [0.05, 0.1) is 29.7 Å². The van der Waals surface area contributed by atoms with Crippen LogP contribution in [0.2, 0.25) is 5.02 Å². The van der Waals surface area contributed by atoms with Crippen molar-refractivity contribution in [2.75, 3.05) is 13.2 Å². The maximum atomic E-state index is 12.7. The lowest BCUT2D eigenvalue weighted by atomic mass is 10.0. The number of hydrogen-bond donors (Lipinski definition) is 2. The lowest BCUT2D eigenvalue weighted by molar-refractivity contribution is -0.136. The molecule has 0 spiro atoms. The molecule has 1 saturated heterocycles. The lowest BCUT2D eigenvalue weighted by Crippen LogP contribution is -2.40. The van der Waals surface area contributed by atoms with Gasteiger partial charge in [-0.05, 0) is 49.8 Å². The van der Waals surface area contributed by atoms with Crippen LogP contribution in [0.5, 0.6) is 0 Å². The number of benzene rings is 1. The predicted molar refractivity (Wildman–Crippen MR) is 168 cm³/mol. The van der Waals surface area contributed by atoms with Gasteiger partial charge in [0.25, 0.3) is 0 Å². The van der Waals surface area contributed by atoms with E-state index in [4.69, 9.17) is 11.6 Å². The Kier molecular flexibility index (Phi) is 16.6. The topological polar surface area (TPSA) is 100 Å². The molecule has 1 aliphatic rings. The van der Waals surface area contributed by atoms with Crippen molar-refractivity contribution in [2.24, 2.45) is 5.92 Å². The highest BCUT2D eigenvalue weighted by atomic mass is 35.5. The standard InChI is InChI=1S/C14H13ClN2O2.C14H23N3O.2C2H6/c15-13-7-16-6-5-12(13)10-1-3-11(4-2-10)14(8-18)17-9-19;1-10(2)13(16-8-11(3)15-9-16)14(18)17-7-5-6-12(17)4;2*1-2/h1-7,9,14,18H,8H2,(H,17,19);8-10,12-13H,5-7H2,1-4H3;2*1-2H3. The molecule has 41 heavy (non-hydrogen) atoms. The zero-order valence-corrected chi connectivity index (χ0v) is 26.6. The number of rotatable bonds is 8. The fraction of sp³-hybridized carbons (Fsp3) is 0.500. The Labute approximate surface area is 251 Å². The summed E-state index contributed by atoms with van der Waals surface area (Å²) in [5.74, 6) is 0.520. The summed E-state index contributed by atoms with van der Waals surface area (Å²) in [5, 5.41) is 12.3. The number of hydrogen-bond acceptors (Lipinski definition) is 5. The van der Waals surface area contributed by atoms with Gasteiger partial charge in [-0.15, -0.1) is 0 Å². The van der Waals surface area contributed by atoms with Crippen molar-refractivity contribution in [1.29, 1.82) is 0 Å². The number of carbonyl (C=O) groups excluding carboxylic acids is 2. The molecular weight excluding hydrogens is 538 g/mol. The van der Waals surface area contributed by atoms with Crippen LogP contribution >= 0.6 is 11.6 Å². The largest absolute Gasteiger partial charge is 0.394 e. The predicted octanol–water partition coefficient (Wildman–Crippen LogP) is 6.63. The second-order valence-corrected chi connectivity index (χ2v) is 10.1. The number of imidazole rings is 1. The molecule has 0 aliphatic carbocycles. The molecule has 2 amide bonds. The van der Waals surface area contributed by atoms with Crippen LogP contribution in [0.25, 0.3) is 11.1 Å². The summed E-state index contributed by atoms with van der Waals surface area (Å²) in [6.45, 7) is 17.0. The van der Waals surface area contributed by atoms with Gasteiger partial charge in [-0.25, -0.2) is 4.98 Å². The molecule has 3 atom stereocenters. The maximum absolute atomic E-state index is 12.7. The summed E-state index contributed by atoms with van der Waals surface area (Å²) >= 11 is 6.08. The fourth-order valence-corrected chi connectivity index (χ4v) is 4.85. The van der Waals surface area contributed by atoms with Crippen LogP contribution in [0.3, 0.4) is 0 Å². The first-order valence-corrected chi connectivity index (χ1v) is 15.0. The van der Waals surface area contributed by atoms with Crippen LogP contribution in [0, 0.1) is 12.8 Å². The van der Waals surface area contributed by atoms with Crippen LogP contribution in [-0.2, 0) is 9.59 Å². The number of pyridine rings is 1. The number of likely N-dealkylation sites (tertiary alicyclic amines) is 1. The van der Waals surface area contributed by atoms with Gasteiger partial charge in [-0.3, -0.25) is 14.6 Å². The molecule has 0 saturated carbocycles. The van der Waals surface area contributed by atoms with Crippen molar-refractivity contribution in [1.82, 2.24) is 24.8 Å². The monoisotopic (exact) mass is 585 g/mol. The van der Waals surface area contributed by atoms with E-state index in [2.05, 4.69) is 36.1 Å². The van der Waals surface area contributed by atoms with Gasteiger partial charge in [0.15, 0.2) is 0 Å². The molecule has 3 unspecified atom stereocenters. The summed E-state index contributed by atoms with van der Waals surface area (Å²) in [7, 11) is 0. The third-order valence-electron chi connectivity index (χ3n) is 6.62. The van der Waals surface area contributed by atoms with Crippen molar-refractivity contribution >= 4 is 23.9 Å². The highest BCUT2D eigenvalue weighted by Gasteiger charge is 2.33. The Morgan fingerprint density at radius 2 is 1.83 bits per heavy atom. The number of aromatic nitrogens is 3. The van der Waals surface area contributed by atoms with E-state index < -0.39 is 0 Å². The van der Waals surface area contributed by atoms with E-state index in [1.807, 2.05) is 80.6 Å². The first kappa shape index (κ1) is 35.8. The summed E-state index contributed by atoms with van der Waals surface area (Å²) < 4.78 is 1.97. The van der Waals surface area contributed by atoms with E-state index in [9.17, 15) is 14.7 Å². The van der Waals surface area contributed by atoms with Gasteiger partial charge < -0.3 is 19.9 Å². The molecule has 4 rings (SSSR count). The molecule has 3 heterocycles. The third-order valence-corrected chi connectivity index (χ3v) is 6.92. The van der Waals surface area contributed by atoms with Gasteiger partial charge in [-0.1, -0.05) is 77.4 Å². The van der Waals surface area contributed by atoms with E-state index in [-0.39, 0.29) is 30.5 Å².